The molecule has 1 aromatic carbocycles. The van der Waals surface area contributed by atoms with Crippen LogP contribution in [0, 0.1) is 0 Å². The Morgan fingerprint density at radius 3 is 2.72 bits per heavy atom. The van der Waals surface area contributed by atoms with E-state index in [9.17, 15) is 4.79 Å². The van der Waals surface area contributed by atoms with E-state index in [1.807, 2.05) is 48.8 Å². The second-order valence-electron chi connectivity index (χ2n) is 5.82. The molecule has 0 aliphatic carbocycles. The van der Waals surface area contributed by atoms with Crippen LogP contribution in [-0.2, 0) is 17.8 Å². The number of hydrogen-bond donors (Lipinski definition) is 3. The Hall–Kier alpha value is -2.99. The van der Waals surface area contributed by atoms with Crippen LogP contribution in [0.15, 0.2) is 55.0 Å². The molecule has 1 amide bonds. The molecule has 0 aliphatic rings. The summed E-state index contributed by atoms with van der Waals surface area (Å²) in [6, 6.07) is 11.8. The molecule has 0 atom stereocenters. The van der Waals surface area contributed by atoms with Gasteiger partial charge < -0.3 is 10.6 Å². The molecular weight excluding hydrogens is 314 g/mol. The van der Waals surface area contributed by atoms with Crippen LogP contribution in [-0.4, -0.2) is 27.6 Å². The number of aromatic nitrogens is 3. The fourth-order valence-electron chi connectivity index (χ4n) is 2.62. The van der Waals surface area contributed by atoms with E-state index >= 15 is 0 Å². The van der Waals surface area contributed by atoms with Crippen LogP contribution >= 0.6 is 0 Å². The zero-order valence-corrected chi connectivity index (χ0v) is 14.1. The minimum absolute atomic E-state index is 0.0565. The molecule has 0 bridgehead atoms. The molecule has 3 N–H and O–H groups in total. The summed E-state index contributed by atoms with van der Waals surface area (Å²) in [5.41, 5.74) is 5.20. The van der Waals surface area contributed by atoms with E-state index in [0.29, 0.717) is 0 Å². The van der Waals surface area contributed by atoms with Gasteiger partial charge in [0, 0.05) is 42.7 Å². The molecule has 0 fully saturated rings. The predicted molar refractivity (Wildman–Crippen MR) is 98.0 cm³/mol. The number of amides is 1. The number of pyridine rings is 1. The van der Waals surface area contributed by atoms with Crippen molar-refractivity contribution < 1.29 is 4.79 Å². The largest absolute Gasteiger partial charge is 0.326 e. The van der Waals surface area contributed by atoms with Gasteiger partial charge in [-0.1, -0.05) is 12.1 Å². The number of carbonyl (C=O) groups is 1. The highest BCUT2D eigenvalue weighted by atomic mass is 16.1. The minimum Gasteiger partial charge on any atom is -0.326 e. The normalized spacial score (nSPS) is 10.6. The Labute approximate surface area is 146 Å². The second kappa shape index (κ2) is 8.21. The maximum atomic E-state index is 11.0. The van der Waals surface area contributed by atoms with Crippen LogP contribution in [0.4, 0.5) is 5.69 Å². The molecule has 2 heterocycles. The Morgan fingerprint density at radius 1 is 1.16 bits per heavy atom. The first-order valence-electron chi connectivity index (χ1n) is 8.22. The number of nitrogens with zero attached hydrogens (tertiary/aromatic N) is 2. The maximum Gasteiger partial charge on any atom is 0.221 e. The number of benzene rings is 1. The van der Waals surface area contributed by atoms with Crippen molar-refractivity contribution in [1.82, 2.24) is 20.5 Å². The summed E-state index contributed by atoms with van der Waals surface area (Å²) in [4.78, 5) is 15.2. The zero-order chi connectivity index (χ0) is 17.5. The highest BCUT2D eigenvalue weighted by Crippen LogP contribution is 2.19. The lowest BCUT2D eigenvalue weighted by atomic mass is 10.1. The summed E-state index contributed by atoms with van der Waals surface area (Å²) >= 11 is 0. The van der Waals surface area contributed by atoms with E-state index in [1.54, 1.807) is 6.20 Å². The van der Waals surface area contributed by atoms with Gasteiger partial charge in [-0.25, -0.2) is 0 Å². The maximum absolute atomic E-state index is 11.0. The van der Waals surface area contributed by atoms with Gasteiger partial charge in [0.2, 0.25) is 5.91 Å². The Balaban J connectivity index is 1.49. The van der Waals surface area contributed by atoms with Crippen molar-refractivity contribution in [3.05, 3.63) is 66.1 Å². The lowest BCUT2D eigenvalue weighted by molar-refractivity contribution is -0.114. The second-order valence-corrected chi connectivity index (χ2v) is 5.82. The van der Waals surface area contributed by atoms with Gasteiger partial charge in [-0.15, -0.1) is 0 Å². The van der Waals surface area contributed by atoms with Crippen LogP contribution in [0.3, 0.4) is 0 Å². The number of rotatable bonds is 7. The number of anilines is 1. The third-order valence-electron chi connectivity index (χ3n) is 3.85. The van der Waals surface area contributed by atoms with Crippen molar-refractivity contribution in [2.75, 3.05) is 11.9 Å². The molecule has 2 aromatic heterocycles. The molecule has 0 radical (unpaired) electrons. The van der Waals surface area contributed by atoms with Gasteiger partial charge in [0.25, 0.3) is 0 Å². The van der Waals surface area contributed by atoms with E-state index < -0.39 is 0 Å². The number of H-pyrrole nitrogens is 1. The summed E-state index contributed by atoms with van der Waals surface area (Å²) in [5, 5.41) is 13.4. The van der Waals surface area contributed by atoms with Crippen molar-refractivity contribution in [1.29, 1.82) is 0 Å². The number of hydrogen-bond acceptors (Lipinski definition) is 4. The average Bonchev–Trinajstić information content (AvgIpc) is 3.09. The third-order valence-corrected chi connectivity index (χ3v) is 3.85. The monoisotopic (exact) mass is 335 g/mol. The van der Waals surface area contributed by atoms with Crippen molar-refractivity contribution in [3.8, 4) is 11.3 Å². The lowest BCUT2D eigenvalue weighted by Crippen LogP contribution is -2.16. The molecule has 0 aliphatic heterocycles. The molecule has 3 aromatic rings. The first kappa shape index (κ1) is 16.9. The summed E-state index contributed by atoms with van der Waals surface area (Å²) in [6.45, 7) is 3.11. The van der Waals surface area contributed by atoms with Crippen LogP contribution < -0.4 is 10.6 Å². The Morgan fingerprint density at radius 2 is 2.00 bits per heavy atom. The van der Waals surface area contributed by atoms with E-state index in [4.69, 9.17) is 0 Å². The number of carbonyl (C=O) groups excluding carboxylic acids is 1. The van der Waals surface area contributed by atoms with E-state index in [-0.39, 0.29) is 5.91 Å². The highest BCUT2D eigenvalue weighted by molar-refractivity contribution is 5.88. The lowest BCUT2D eigenvalue weighted by Gasteiger charge is -2.07. The minimum atomic E-state index is -0.0565. The summed E-state index contributed by atoms with van der Waals surface area (Å²) in [7, 11) is 0. The first-order chi connectivity index (χ1) is 12.2. The van der Waals surface area contributed by atoms with Crippen molar-refractivity contribution in [2.24, 2.45) is 0 Å². The van der Waals surface area contributed by atoms with Crippen molar-refractivity contribution >= 4 is 11.6 Å². The number of aromatic amines is 1. The third kappa shape index (κ3) is 4.74. The Bertz CT molecular complexity index is 811. The van der Waals surface area contributed by atoms with Crippen LogP contribution in [0.2, 0.25) is 0 Å². The van der Waals surface area contributed by atoms with Gasteiger partial charge in [-0.05, 0) is 42.8 Å². The van der Waals surface area contributed by atoms with Crippen LogP contribution in [0.1, 0.15) is 18.1 Å². The highest BCUT2D eigenvalue weighted by Gasteiger charge is 2.07. The molecule has 0 saturated heterocycles. The fourth-order valence-corrected chi connectivity index (χ4v) is 2.62. The van der Waals surface area contributed by atoms with Crippen molar-refractivity contribution in [2.45, 2.75) is 19.9 Å². The zero-order valence-electron chi connectivity index (χ0n) is 14.1. The van der Waals surface area contributed by atoms with Gasteiger partial charge in [-0.2, -0.15) is 5.10 Å². The molecule has 6 nitrogen and oxygen atoms in total. The topological polar surface area (TPSA) is 82.7 Å². The molecule has 0 unspecified atom stereocenters. The molecule has 0 spiro atoms. The smallest absolute Gasteiger partial charge is 0.221 e. The standard InChI is InChI=1S/C19H21N5O/c1-14(25)23-18-6-4-15(5-7-18)8-10-21-12-17-13-22-24-19(17)16-3-2-9-20-11-16/h2-7,9,11,13,21H,8,10,12H2,1H3,(H,22,24)(H,23,25). The van der Waals surface area contributed by atoms with Crippen LogP contribution in [0.5, 0.6) is 0 Å². The molecule has 3 rings (SSSR count). The summed E-state index contributed by atoms with van der Waals surface area (Å²) in [5.74, 6) is -0.0565. The van der Waals surface area contributed by atoms with Gasteiger partial charge >= 0.3 is 0 Å². The molecule has 25 heavy (non-hydrogen) atoms. The summed E-state index contributed by atoms with van der Waals surface area (Å²) < 4.78 is 0. The van der Waals surface area contributed by atoms with Crippen LogP contribution in [0.25, 0.3) is 11.3 Å². The molecular formula is C19H21N5O. The quantitative estimate of drug-likeness (QED) is 0.580. The predicted octanol–water partition coefficient (Wildman–Crippen LogP) is 2.76. The van der Waals surface area contributed by atoms with Gasteiger partial charge in [0.15, 0.2) is 0 Å². The average molecular weight is 335 g/mol. The van der Waals surface area contributed by atoms with Gasteiger partial charge in [0.05, 0.1) is 11.9 Å². The van der Waals surface area contributed by atoms with E-state index in [0.717, 1.165) is 42.0 Å². The van der Waals surface area contributed by atoms with Gasteiger partial charge in [-0.3, -0.25) is 14.9 Å². The van der Waals surface area contributed by atoms with E-state index in [1.165, 1.54) is 12.5 Å². The molecule has 128 valence electrons. The van der Waals surface area contributed by atoms with Crippen molar-refractivity contribution in [3.63, 3.8) is 0 Å². The Kier molecular flexibility index (Phi) is 5.53. The number of nitrogens with one attached hydrogen (secondary N) is 3. The van der Waals surface area contributed by atoms with E-state index in [2.05, 4.69) is 25.8 Å². The first-order valence-corrected chi connectivity index (χ1v) is 8.22. The fraction of sp³-hybridized carbons (Fsp3) is 0.211. The molecule has 0 saturated carbocycles. The molecule has 6 heteroatoms. The summed E-state index contributed by atoms with van der Waals surface area (Å²) in [6.07, 6.45) is 6.35. The SMILES string of the molecule is CC(=O)Nc1ccc(CCNCc2cn[nH]c2-c2cccnc2)cc1. The van der Waals surface area contributed by atoms with Gasteiger partial charge in [0.1, 0.15) is 0 Å².